The molecule has 90 valence electrons. The first-order valence-electron chi connectivity index (χ1n) is 5.03. The molecule has 1 nitrogen and oxygen atoms in total. The second-order valence-corrected chi connectivity index (χ2v) is 5.92. The second kappa shape index (κ2) is 5.96. The molecule has 2 aromatic rings. The fourth-order valence-corrected chi connectivity index (χ4v) is 3.01. The molecular formula is C12H10BrClFNS. The Hall–Kier alpha value is -0.420. The number of halogens is 3. The van der Waals surface area contributed by atoms with E-state index in [1.165, 1.54) is 10.9 Å². The predicted octanol–water partition coefficient (Wildman–Crippen LogP) is 4.59. The van der Waals surface area contributed by atoms with Gasteiger partial charge in [0.05, 0.1) is 0 Å². The van der Waals surface area contributed by atoms with Gasteiger partial charge in [0.15, 0.2) is 0 Å². The van der Waals surface area contributed by atoms with E-state index >= 15 is 0 Å². The van der Waals surface area contributed by atoms with Crippen LogP contribution in [0.5, 0.6) is 0 Å². The zero-order valence-corrected chi connectivity index (χ0v) is 12.0. The summed E-state index contributed by atoms with van der Waals surface area (Å²) in [5.74, 6) is -0.266. The van der Waals surface area contributed by atoms with E-state index in [2.05, 4.69) is 27.3 Å². The van der Waals surface area contributed by atoms with Crippen molar-refractivity contribution in [1.29, 1.82) is 0 Å². The highest BCUT2D eigenvalue weighted by atomic mass is 79.9. The minimum Gasteiger partial charge on any atom is -0.308 e. The smallest absolute Gasteiger partial charge is 0.129 e. The average Bonchev–Trinajstić information content (AvgIpc) is 2.68. The van der Waals surface area contributed by atoms with Crippen LogP contribution in [0.25, 0.3) is 0 Å². The van der Waals surface area contributed by atoms with Gasteiger partial charge in [0.1, 0.15) is 5.82 Å². The molecule has 0 saturated heterocycles. The zero-order chi connectivity index (χ0) is 12.3. The molecule has 0 aliphatic carbocycles. The first-order chi connectivity index (χ1) is 8.15. The molecule has 5 heteroatoms. The van der Waals surface area contributed by atoms with Gasteiger partial charge in [-0.1, -0.05) is 17.7 Å². The predicted molar refractivity (Wildman–Crippen MR) is 74.0 cm³/mol. The van der Waals surface area contributed by atoms with Crippen LogP contribution in [-0.4, -0.2) is 0 Å². The van der Waals surface area contributed by atoms with Crippen molar-refractivity contribution in [3.8, 4) is 0 Å². The number of nitrogens with one attached hydrogen (secondary N) is 1. The zero-order valence-electron chi connectivity index (χ0n) is 8.84. The summed E-state index contributed by atoms with van der Waals surface area (Å²) in [7, 11) is 0. The molecule has 0 aliphatic rings. The van der Waals surface area contributed by atoms with Crippen molar-refractivity contribution in [2.45, 2.75) is 13.1 Å². The lowest BCUT2D eigenvalue weighted by Crippen LogP contribution is -2.12. The van der Waals surface area contributed by atoms with E-state index in [0.717, 1.165) is 11.0 Å². The van der Waals surface area contributed by atoms with Gasteiger partial charge in [-0.2, -0.15) is 0 Å². The summed E-state index contributed by atoms with van der Waals surface area (Å²) in [6.45, 7) is 1.23. The molecule has 1 aromatic heterocycles. The third kappa shape index (κ3) is 3.78. The number of hydrogen-bond acceptors (Lipinski definition) is 2. The van der Waals surface area contributed by atoms with Gasteiger partial charge in [0.2, 0.25) is 0 Å². The van der Waals surface area contributed by atoms with Gasteiger partial charge in [0.25, 0.3) is 0 Å². The van der Waals surface area contributed by atoms with Crippen molar-refractivity contribution in [3.63, 3.8) is 0 Å². The summed E-state index contributed by atoms with van der Waals surface area (Å²) in [6.07, 6.45) is 0. The maximum atomic E-state index is 13.5. The highest BCUT2D eigenvalue weighted by Crippen LogP contribution is 2.20. The van der Waals surface area contributed by atoms with Crippen molar-refractivity contribution in [3.05, 3.63) is 55.4 Å². The molecule has 1 heterocycles. The van der Waals surface area contributed by atoms with Gasteiger partial charge in [-0.05, 0) is 34.1 Å². The first-order valence-corrected chi connectivity index (χ1v) is 7.08. The molecule has 17 heavy (non-hydrogen) atoms. The van der Waals surface area contributed by atoms with Gasteiger partial charge in [-0.15, -0.1) is 11.3 Å². The molecular weight excluding hydrogens is 325 g/mol. The van der Waals surface area contributed by atoms with Crippen molar-refractivity contribution >= 4 is 38.9 Å². The largest absolute Gasteiger partial charge is 0.308 e. The molecule has 0 unspecified atom stereocenters. The highest BCUT2D eigenvalue weighted by molar-refractivity contribution is 9.10. The Morgan fingerprint density at radius 2 is 2.12 bits per heavy atom. The van der Waals surface area contributed by atoms with E-state index in [-0.39, 0.29) is 5.82 Å². The van der Waals surface area contributed by atoms with Crippen LogP contribution in [0.15, 0.2) is 34.1 Å². The maximum Gasteiger partial charge on any atom is 0.129 e. The van der Waals surface area contributed by atoms with Crippen LogP contribution in [0, 0.1) is 5.82 Å². The summed E-state index contributed by atoms with van der Waals surface area (Å²) in [6, 6.07) is 6.79. The number of hydrogen-bond donors (Lipinski definition) is 1. The van der Waals surface area contributed by atoms with Gasteiger partial charge in [0, 0.05) is 38.4 Å². The van der Waals surface area contributed by atoms with Gasteiger partial charge in [-0.25, -0.2) is 4.39 Å². The SMILES string of the molecule is Fc1cc(Cl)ccc1CNCc1cc(Br)cs1. The molecule has 0 amide bonds. The lowest BCUT2D eigenvalue weighted by atomic mass is 10.2. The minimum absolute atomic E-state index is 0.266. The molecule has 0 aliphatic heterocycles. The van der Waals surface area contributed by atoms with Crippen molar-refractivity contribution in [2.75, 3.05) is 0 Å². The number of thiophene rings is 1. The van der Waals surface area contributed by atoms with Gasteiger partial charge >= 0.3 is 0 Å². The third-order valence-electron chi connectivity index (χ3n) is 2.25. The second-order valence-electron chi connectivity index (χ2n) is 3.57. The summed E-state index contributed by atoms with van der Waals surface area (Å²) in [5.41, 5.74) is 0.630. The van der Waals surface area contributed by atoms with E-state index in [1.807, 2.05) is 5.38 Å². The van der Waals surface area contributed by atoms with E-state index in [0.29, 0.717) is 17.1 Å². The summed E-state index contributed by atoms with van der Waals surface area (Å²) < 4.78 is 14.5. The molecule has 0 saturated carbocycles. The Labute approximate surface area is 117 Å². The van der Waals surface area contributed by atoms with Crippen LogP contribution in [0.2, 0.25) is 5.02 Å². The van der Waals surface area contributed by atoms with Crippen molar-refractivity contribution in [1.82, 2.24) is 5.32 Å². The van der Waals surface area contributed by atoms with Gasteiger partial charge < -0.3 is 5.32 Å². The third-order valence-corrected chi connectivity index (χ3v) is 4.18. The molecule has 0 bridgehead atoms. The van der Waals surface area contributed by atoms with E-state index in [4.69, 9.17) is 11.6 Å². The topological polar surface area (TPSA) is 12.0 Å². The average molecular weight is 335 g/mol. The summed E-state index contributed by atoms with van der Waals surface area (Å²) in [4.78, 5) is 1.21. The maximum absolute atomic E-state index is 13.5. The Bertz CT molecular complexity index is 515. The lowest BCUT2D eigenvalue weighted by Gasteiger charge is -2.05. The van der Waals surface area contributed by atoms with Crippen LogP contribution >= 0.6 is 38.9 Å². The molecule has 0 fully saturated rings. The number of benzene rings is 1. The Kier molecular flexibility index (Phi) is 4.56. The molecule has 0 atom stereocenters. The molecule has 0 radical (unpaired) electrons. The first kappa shape index (κ1) is 13.0. The van der Waals surface area contributed by atoms with Crippen LogP contribution in [0.3, 0.4) is 0 Å². The Morgan fingerprint density at radius 1 is 1.29 bits per heavy atom. The van der Waals surface area contributed by atoms with Gasteiger partial charge in [-0.3, -0.25) is 0 Å². The van der Waals surface area contributed by atoms with E-state index in [9.17, 15) is 4.39 Å². The van der Waals surface area contributed by atoms with E-state index < -0.39 is 0 Å². The molecule has 2 rings (SSSR count). The van der Waals surface area contributed by atoms with Crippen molar-refractivity contribution < 1.29 is 4.39 Å². The fraction of sp³-hybridized carbons (Fsp3) is 0.167. The standard InChI is InChI=1S/C12H10BrClFNS/c13-9-3-11(17-7-9)6-16-5-8-1-2-10(14)4-12(8)15/h1-4,7,16H,5-6H2. The number of rotatable bonds is 4. The molecule has 0 spiro atoms. The van der Waals surface area contributed by atoms with Crippen molar-refractivity contribution in [2.24, 2.45) is 0 Å². The summed E-state index contributed by atoms with van der Waals surface area (Å²) >= 11 is 10.7. The Morgan fingerprint density at radius 3 is 2.76 bits per heavy atom. The monoisotopic (exact) mass is 333 g/mol. The normalized spacial score (nSPS) is 10.8. The fourth-order valence-electron chi connectivity index (χ4n) is 1.43. The molecule has 1 aromatic carbocycles. The minimum atomic E-state index is -0.266. The van der Waals surface area contributed by atoms with E-state index in [1.54, 1.807) is 23.5 Å². The van der Waals surface area contributed by atoms with Crippen LogP contribution < -0.4 is 5.32 Å². The highest BCUT2D eigenvalue weighted by Gasteiger charge is 2.03. The Balaban J connectivity index is 1.90. The lowest BCUT2D eigenvalue weighted by molar-refractivity contribution is 0.589. The van der Waals surface area contributed by atoms with Crippen LogP contribution in [0.1, 0.15) is 10.4 Å². The molecule has 1 N–H and O–H groups in total. The van der Waals surface area contributed by atoms with Crippen LogP contribution in [0.4, 0.5) is 4.39 Å². The summed E-state index contributed by atoms with van der Waals surface area (Å²) in [5, 5.41) is 5.65. The quantitative estimate of drug-likeness (QED) is 0.862. The van der Waals surface area contributed by atoms with Crippen LogP contribution in [-0.2, 0) is 13.1 Å².